The fourth-order valence-electron chi connectivity index (χ4n) is 6.19. The van der Waals surface area contributed by atoms with E-state index in [1.807, 2.05) is 57.4 Å². The van der Waals surface area contributed by atoms with Crippen LogP contribution in [0.25, 0.3) is 33.2 Å². The third kappa shape index (κ3) is 3.10. The second-order valence-corrected chi connectivity index (χ2v) is 10.7. The van der Waals surface area contributed by atoms with Crippen molar-refractivity contribution in [3.63, 3.8) is 0 Å². The Labute approximate surface area is 208 Å². The average molecular weight is 478 g/mol. The van der Waals surface area contributed by atoms with Gasteiger partial charge in [0.1, 0.15) is 5.82 Å². The molecule has 1 saturated carbocycles. The summed E-state index contributed by atoms with van der Waals surface area (Å²) in [6.45, 7) is 5.84. The molecule has 0 radical (unpaired) electrons. The topological polar surface area (TPSA) is 112 Å². The first-order chi connectivity index (χ1) is 17.4. The summed E-state index contributed by atoms with van der Waals surface area (Å²) in [5, 5.41) is 12.6. The highest BCUT2D eigenvalue weighted by Gasteiger charge is 2.41. The van der Waals surface area contributed by atoms with Crippen LogP contribution in [0.15, 0.2) is 42.9 Å². The molecule has 2 unspecified atom stereocenters. The molecule has 36 heavy (non-hydrogen) atoms. The third-order valence-corrected chi connectivity index (χ3v) is 7.90. The number of imidazole rings is 1. The lowest BCUT2D eigenvalue weighted by molar-refractivity contribution is 0.0908. The van der Waals surface area contributed by atoms with Crippen LogP contribution in [-0.2, 0) is 5.54 Å². The number of pyridine rings is 2. The van der Waals surface area contributed by atoms with Crippen LogP contribution in [0.4, 0.5) is 0 Å². The van der Waals surface area contributed by atoms with Gasteiger partial charge in [-0.3, -0.25) is 9.89 Å². The summed E-state index contributed by atoms with van der Waals surface area (Å²) >= 11 is 0. The van der Waals surface area contributed by atoms with Gasteiger partial charge < -0.3 is 10.3 Å². The fraction of sp³-hybridized carbons (Fsp3) is 0.321. The lowest BCUT2D eigenvalue weighted by Crippen LogP contribution is -2.41. The zero-order valence-corrected chi connectivity index (χ0v) is 20.5. The van der Waals surface area contributed by atoms with Crippen LogP contribution < -0.4 is 5.32 Å². The Morgan fingerprint density at radius 1 is 1.03 bits per heavy atom. The monoisotopic (exact) mass is 477 g/mol. The van der Waals surface area contributed by atoms with Gasteiger partial charge in [-0.05, 0) is 75.1 Å². The number of nitrogens with zero attached hydrogens (tertiary/aromatic N) is 4. The number of fused-ring (bicyclic) bond motifs is 9. The molecular weight excluding hydrogens is 450 g/mol. The first-order valence-corrected chi connectivity index (χ1v) is 12.5. The minimum Gasteiger partial charge on any atom is -0.344 e. The molecule has 2 atom stereocenters. The zero-order valence-electron chi connectivity index (χ0n) is 20.5. The van der Waals surface area contributed by atoms with E-state index >= 15 is 0 Å². The van der Waals surface area contributed by atoms with Crippen molar-refractivity contribution in [2.75, 3.05) is 0 Å². The first kappa shape index (κ1) is 21.2. The maximum atomic E-state index is 13.1. The Balaban J connectivity index is 1.27. The molecule has 0 aliphatic heterocycles. The van der Waals surface area contributed by atoms with Crippen LogP contribution in [0.3, 0.4) is 0 Å². The fourth-order valence-corrected chi connectivity index (χ4v) is 6.19. The van der Waals surface area contributed by atoms with Crippen molar-refractivity contribution in [2.45, 2.75) is 57.4 Å². The maximum Gasteiger partial charge on any atom is 0.252 e. The van der Waals surface area contributed by atoms with Crippen LogP contribution in [-0.4, -0.2) is 36.0 Å². The Hall–Kier alpha value is -4.07. The third-order valence-electron chi connectivity index (χ3n) is 7.90. The molecule has 4 heterocycles. The number of H-pyrrole nitrogens is 2. The summed E-state index contributed by atoms with van der Waals surface area (Å²) in [6.07, 6.45) is 9.11. The average Bonchev–Trinajstić information content (AvgIpc) is 3.67. The maximum absolute atomic E-state index is 13.1. The molecule has 2 aliphatic carbocycles. The molecule has 3 N–H and O–H groups in total. The predicted octanol–water partition coefficient (Wildman–Crippen LogP) is 5.23. The highest BCUT2D eigenvalue weighted by molar-refractivity contribution is 6.06. The van der Waals surface area contributed by atoms with E-state index in [0.717, 1.165) is 39.3 Å². The van der Waals surface area contributed by atoms with Crippen LogP contribution >= 0.6 is 0 Å². The molecule has 8 nitrogen and oxygen atoms in total. The van der Waals surface area contributed by atoms with Gasteiger partial charge in [-0.1, -0.05) is 12.1 Å². The van der Waals surface area contributed by atoms with E-state index in [1.165, 1.54) is 35.8 Å². The molecule has 0 saturated heterocycles. The molecular formula is C28H27N7O. The van der Waals surface area contributed by atoms with E-state index in [-0.39, 0.29) is 5.91 Å². The van der Waals surface area contributed by atoms with Gasteiger partial charge in [-0.2, -0.15) is 5.10 Å². The van der Waals surface area contributed by atoms with Gasteiger partial charge in [0.15, 0.2) is 5.65 Å². The number of amides is 1. The zero-order chi connectivity index (χ0) is 24.6. The largest absolute Gasteiger partial charge is 0.344 e. The Kier molecular flexibility index (Phi) is 4.40. The standard InChI is InChI=1S/C28H27N7O/c1-14-11-30-27(32-14)28(2,3)34-26(36)16-6-4-15(5-7-16)24-22-18-9-8-17(10-18)21(22)23-19-12-31-35-25(19)29-13-20(23)33-24/h4-7,11-13,17-18H,8-10H2,1-3H3,(H,30,32)(H,34,36)(H,29,31,35). The smallest absolute Gasteiger partial charge is 0.252 e. The van der Waals surface area contributed by atoms with E-state index in [1.54, 1.807) is 6.20 Å². The second kappa shape index (κ2) is 7.46. The van der Waals surface area contributed by atoms with Gasteiger partial charge >= 0.3 is 0 Å². The van der Waals surface area contributed by atoms with Crippen molar-refractivity contribution < 1.29 is 4.79 Å². The van der Waals surface area contributed by atoms with Crippen molar-refractivity contribution in [1.29, 1.82) is 0 Å². The highest BCUT2D eigenvalue weighted by atomic mass is 16.1. The highest BCUT2D eigenvalue weighted by Crippen LogP contribution is 2.57. The number of hydrogen-bond donors (Lipinski definition) is 3. The van der Waals surface area contributed by atoms with E-state index in [0.29, 0.717) is 17.4 Å². The molecule has 2 aliphatic rings. The molecule has 4 aromatic heterocycles. The first-order valence-electron chi connectivity index (χ1n) is 12.5. The van der Waals surface area contributed by atoms with Crippen LogP contribution in [0.5, 0.6) is 0 Å². The minimum absolute atomic E-state index is 0.136. The number of rotatable bonds is 4. The van der Waals surface area contributed by atoms with Crippen molar-refractivity contribution in [3.05, 3.63) is 71.1 Å². The molecule has 1 aromatic carbocycles. The van der Waals surface area contributed by atoms with E-state index in [4.69, 9.17) is 4.98 Å². The summed E-state index contributed by atoms with van der Waals surface area (Å²) < 4.78 is 0. The Morgan fingerprint density at radius 2 is 1.81 bits per heavy atom. The molecule has 180 valence electrons. The predicted molar refractivity (Wildman–Crippen MR) is 138 cm³/mol. The van der Waals surface area contributed by atoms with Gasteiger partial charge in [0.2, 0.25) is 0 Å². The molecule has 1 amide bonds. The molecule has 0 spiro atoms. The van der Waals surface area contributed by atoms with Gasteiger partial charge in [-0.15, -0.1) is 0 Å². The lowest BCUT2D eigenvalue weighted by atomic mass is 9.86. The van der Waals surface area contributed by atoms with Crippen LogP contribution in [0.2, 0.25) is 0 Å². The van der Waals surface area contributed by atoms with Crippen molar-refractivity contribution in [3.8, 4) is 11.3 Å². The van der Waals surface area contributed by atoms with E-state index in [2.05, 4.69) is 30.5 Å². The summed E-state index contributed by atoms with van der Waals surface area (Å²) in [5.74, 6) is 1.69. The molecule has 5 aromatic rings. The number of aryl methyl sites for hydroxylation is 1. The second-order valence-electron chi connectivity index (χ2n) is 10.7. The van der Waals surface area contributed by atoms with Crippen molar-refractivity contribution >= 4 is 27.8 Å². The van der Waals surface area contributed by atoms with Crippen molar-refractivity contribution in [1.82, 2.24) is 35.5 Å². The van der Waals surface area contributed by atoms with Gasteiger partial charge in [-0.25, -0.2) is 15.0 Å². The lowest BCUT2D eigenvalue weighted by Gasteiger charge is -2.24. The van der Waals surface area contributed by atoms with Gasteiger partial charge in [0.25, 0.3) is 5.91 Å². The van der Waals surface area contributed by atoms with E-state index in [9.17, 15) is 4.79 Å². The number of hydrogen-bond acceptors (Lipinski definition) is 5. The van der Waals surface area contributed by atoms with Crippen LogP contribution in [0, 0.1) is 6.92 Å². The SMILES string of the molecule is Cc1cnc(C(C)(C)NC(=O)c2ccc(-c3nc4cnc5[nH]ncc5c4c4c3C3CCC4C3)cc2)[nH]1. The van der Waals surface area contributed by atoms with Crippen LogP contribution in [0.1, 0.15) is 77.9 Å². The molecule has 7 rings (SSSR count). The molecule has 2 bridgehead atoms. The summed E-state index contributed by atoms with van der Waals surface area (Å²) in [5.41, 5.74) is 7.53. The number of aromatic nitrogens is 6. The number of carbonyl (C=O) groups excluding carboxylic acids is 1. The van der Waals surface area contributed by atoms with E-state index < -0.39 is 5.54 Å². The number of aromatic amines is 2. The Bertz CT molecular complexity index is 1660. The minimum atomic E-state index is -0.616. The quantitative estimate of drug-likeness (QED) is 0.328. The van der Waals surface area contributed by atoms with Gasteiger partial charge in [0.05, 0.1) is 29.1 Å². The summed E-state index contributed by atoms with van der Waals surface area (Å²) in [4.78, 5) is 30.4. The number of carbonyl (C=O) groups is 1. The normalized spacial score (nSPS) is 18.8. The molecule has 8 heteroatoms. The number of benzene rings is 1. The number of nitrogens with one attached hydrogen (secondary N) is 3. The van der Waals surface area contributed by atoms with Gasteiger partial charge in [0, 0.05) is 33.8 Å². The summed E-state index contributed by atoms with van der Waals surface area (Å²) in [7, 11) is 0. The Morgan fingerprint density at radius 3 is 2.56 bits per heavy atom. The molecule has 1 fully saturated rings. The summed E-state index contributed by atoms with van der Waals surface area (Å²) in [6, 6.07) is 7.81. The van der Waals surface area contributed by atoms with Crippen molar-refractivity contribution in [2.24, 2.45) is 0 Å².